The number of rotatable bonds is 10. The summed E-state index contributed by atoms with van der Waals surface area (Å²) in [5.41, 5.74) is 0.453. The van der Waals surface area contributed by atoms with Gasteiger partial charge in [0, 0.05) is 17.4 Å². The predicted molar refractivity (Wildman–Crippen MR) is 121 cm³/mol. The van der Waals surface area contributed by atoms with Gasteiger partial charge in [-0.3, -0.25) is 9.10 Å². The number of carbonyl (C=O) groups is 1. The number of nitrogens with one attached hydrogen (secondary N) is 1. The van der Waals surface area contributed by atoms with Crippen molar-refractivity contribution in [2.45, 2.75) is 12.8 Å². The van der Waals surface area contributed by atoms with Crippen LogP contribution in [0, 0.1) is 0 Å². The number of carbonyl (C=O) groups excluding carboxylic acids is 1. The van der Waals surface area contributed by atoms with Crippen LogP contribution in [0.15, 0.2) is 46.9 Å². The normalized spacial score (nSPS) is 11.2. The van der Waals surface area contributed by atoms with Gasteiger partial charge in [-0.25, -0.2) is 8.42 Å². The number of benzene rings is 2. The van der Waals surface area contributed by atoms with Crippen LogP contribution in [0.3, 0.4) is 0 Å². The molecular formula is C19H21BrCl2N2O4S. The highest BCUT2D eigenvalue weighted by Crippen LogP contribution is 2.29. The first-order valence-corrected chi connectivity index (χ1v) is 12.1. The summed E-state index contributed by atoms with van der Waals surface area (Å²) in [4.78, 5) is 12.0. The summed E-state index contributed by atoms with van der Waals surface area (Å²) in [5.74, 6) is 0.371. The molecule has 0 atom stereocenters. The fourth-order valence-electron chi connectivity index (χ4n) is 2.51. The van der Waals surface area contributed by atoms with E-state index in [2.05, 4.69) is 21.2 Å². The first kappa shape index (κ1) is 23.8. The van der Waals surface area contributed by atoms with Gasteiger partial charge >= 0.3 is 0 Å². The van der Waals surface area contributed by atoms with E-state index in [4.69, 9.17) is 27.9 Å². The molecule has 0 saturated carbocycles. The van der Waals surface area contributed by atoms with Gasteiger partial charge in [0.2, 0.25) is 15.9 Å². The van der Waals surface area contributed by atoms with E-state index in [9.17, 15) is 13.2 Å². The summed E-state index contributed by atoms with van der Waals surface area (Å²) in [6.07, 6.45) is 1.66. The van der Waals surface area contributed by atoms with Crippen LogP contribution in [0.4, 0.5) is 5.69 Å². The Balaban J connectivity index is 1.79. The van der Waals surface area contributed by atoms with E-state index in [0.717, 1.165) is 6.26 Å². The van der Waals surface area contributed by atoms with Crippen molar-refractivity contribution in [2.75, 3.05) is 30.3 Å². The molecule has 2 aromatic carbocycles. The van der Waals surface area contributed by atoms with Gasteiger partial charge in [0.25, 0.3) is 0 Å². The van der Waals surface area contributed by atoms with Crippen LogP contribution in [0.2, 0.25) is 10.0 Å². The van der Waals surface area contributed by atoms with Crippen molar-refractivity contribution in [3.8, 4) is 5.75 Å². The van der Waals surface area contributed by atoms with E-state index in [1.807, 2.05) is 6.07 Å². The monoisotopic (exact) mass is 522 g/mol. The molecule has 0 aromatic heterocycles. The summed E-state index contributed by atoms with van der Waals surface area (Å²) < 4.78 is 31.7. The quantitative estimate of drug-likeness (QED) is 0.465. The third kappa shape index (κ3) is 7.70. The number of amides is 1. The molecular weight excluding hydrogens is 503 g/mol. The Labute approximate surface area is 189 Å². The molecule has 2 aromatic rings. The highest BCUT2D eigenvalue weighted by Gasteiger charge is 2.18. The molecule has 2 rings (SSSR count). The van der Waals surface area contributed by atoms with Crippen molar-refractivity contribution < 1.29 is 17.9 Å². The van der Waals surface area contributed by atoms with Crippen LogP contribution in [-0.2, 0) is 14.8 Å². The average Bonchev–Trinajstić information content (AvgIpc) is 2.65. The standard InChI is InChI=1S/C19H21BrCl2N2O4S/c1-29(26,27)24(14-8-9-15(20)17(22)13-14)11-4-7-19(25)23-10-12-28-18-6-3-2-5-16(18)21/h2-3,5-6,8-9,13H,4,7,10-12H2,1H3,(H,23,25). The largest absolute Gasteiger partial charge is 0.490 e. The lowest BCUT2D eigenvalue weighted by Crippen LogP contribution is -2.33. The maximum Gasteiger partial charge on any atom is 0.232 e. The second kappa shape index (κ2) is 11.1. The number of hydrogen-bond donors (Lipinski definition) is 1. The molecule has 0 radical (unpaired) electrons. The third-order valence-corrected chi connectivity index (χ3v) is 6.61. The highest BCUT2D eigenvalue weighted by molar-refractivity contribution is 9.10. The molecule has 6 nitrogen and oxygen atoms in total. The van der Waals surface area contributed by atoms with Crippen molar-refractivity contribution in [1.82, 2.24) is 5.32 Å². The van der Waals surface area contributed by atoms with Crippen molar-refractivity contribution in [3.63, 3.8) is 0 Å². The second-order valence-electron chi connectivity index (χ2n) is 6.17. The molecule has 1 amide bonds. The topological polar surface area (TPSA) is 75.7 Å². The Morgan fingerprint density at radius 1 is 1.17 bits per heavy atom. The first-order chi connectivity index (χ1) is 13.7. The minimum absolute atomic E-state index is 0.167. The molecule has 29 heavy (non-hydrogen) atoms. The van der Waals surface area contributed by atoms with Crippen LogP contribution >= 0.6 is 39.1 Å². The SMILES string of the molecule is CS(=O)(=O)N(CCCC(=O)NCCOc1ccccc1Cl)c1ccc(Br)c(Cl)c1. The van der Waals surface area contributed by atoms with Gasteiger partial charge in [-0.15, -0.1) is 0 Å². The smallest absolute Gasteiger partial charge is 0.232 e. The lowest BCUT2D eigenvalue weighted by Gasteiger charge is -2.22. The number of ether oxygens (including phenoxy) is 1. The summed E-state index contributed by atoms with van der Waals surface area (Å²) in [6.45, 7) is 0.769. The second-order valence-corrected chi connectivity index (χ2v) is 9.74. The molecule has 0 fully saturated rings. The Morgan fingerprint density at radius 3 is 2.55 bits per heavy atom. The van der Waals surface area contributed by atoms with Gasteiger partial charge in [-0.2, -0.15) is 0 Å². The number of para-hydroxylation sites is 1. The fourth-order valence-corrected chi connectivity index (χ4v) is 4.08. The number of halogens is 3. The van der Waals surface area contributed by atoms with Crippen LogP contribution in [0.5, 0.6) is 5.75 Å². The maximum atomic E-state index is 12.1. The fraction of sp³-hybridized carbons (Fsp3) is 0.316. The van der Waals surface area contributed by atoms with Crippen molar-refractivity contribution >= 4 is 60.7 Å². The van der Waals surface area contributed by atoms with E-state index in [-0.39, 0.29) is 25.5 Å². The average molecular weight is 524 g/mol. The maximum absolute atomic E-state index is 12.1. The van der Waals surface area contributed by atoms with E-state index < -0.39 is 10.0 Å². The number of anilines is 1. The van der Waals surface area contributed by atoms with E-state index in [1.165, 1.54) is 4.31 Å². The summed E-state index contributed by atoms with van der Waals surface area (Å²) in [6, 6.07) is 12.0. The number of nitrogens with zero attached hydrogens (tertiary/aromatic N) is 1. The van der Waals surface area contributed by atoms with Crippen molar-refractivity contribution in [2.24, 2.45) is 0 Å². The van der Waals surface area contributed by atoms with E-state index in [1.54, 1.807) is 36.4 Å². The Kier molecular flexibility index (Phi) is 9.07. The number of sulfonamides is 1. The molecule has 0 heterocycles. The Morgan fingerprint density at radius 2 is 1.90 bits per heavy atom. The van der Waals surface area contributed by atoms with E-state index >= 15 is 0 Å². The van der Waals surface area contributed by atoms with Crippen molar-refractivity contribution in [3.05, 3.63) is 57.0 Å². The minimum atomic E-state index is -3.51. The predicted octanol–water partition coefficient (Wildman–Crippen LogP) is 4.50. The van der Waals surface area contributed by atoms with Crippen LogP contribution in [-0.4, -0.2) is 40.3 Å². The summed E-state index contributed by atoms with van der Waals surface area (Å²) in [5, 5.41) is 3.66. The van der Waals surface area contributed by atoms with Gasteiger partial charge in [-0.05, 0) is 52.7 Å². The van der Waals surface area contributed by atoms with Crippen LogP contribution in [0.1, 0.15) is 12.8 Å². The molecule has 0 unspecified atom stereocenters. The summed E-state index contributed by atoms with van der Waals surface area (Å²) in [7, 11) is -3.51. The number of hydrogen-bond acceptors (Lipinski definition) is 4. The molecule has 1 N–H and O–H groups in total. The zero-order valence-electron chi connectivity index (χ0n) is 15.7. The lowest BCUT2D eigenvalue weighted by atomic mass is 10.2. The molecule has 0 aliphatic carbocycles. The van der Waals surface area contributed by atoms with Gasteiger partial charge in [-0.1, -0.05) is 35.3 Å². The zero-order chi connectivity index (χ0) is 21.4. The van der Waals surface area contributed by atoms with E-state index in [0.29, 0.717) is 38.9 Å². The molecule has 0 saturated heterocycles. The first-order valence-electron chi connectivity index (χ1n) is 8.75. The molecule has 0 spiro atoms. The van der Waals surface area contributed by atoms with Crippen LogP contribution in [0.25, 0.3) is 0 Å². The Bertz CT molecular complexity index is 957. The summed E-state index contributed by atoms with van der Waals surface area (Å²) >= 11 is 15.3. The minimum Gasteiger partial charge on any atom is -0.490 e. The van der Waals surface area contributed by atoms with Gasteiger partial charge in [0.1, 0.15) is 12.4 Å². The van der Waals surface area contributed by atoms with Crippen molar-refractivity contribution in [1.29, 1.82) is 0 Å². The molecule has 0 aliphatic rings. The van der Waals surface area contributed by atoms with Crippen LogP contribution < -0.4 is 14.4 Å². The highest BCUT2D eigenvalue weighted by atomic mass is 79.9. The third-order valence-electron chi connectivity index (χ3n) is 3.87. The molecule has 158 valence electrons. The molecule has 0 aliphatic heterocycles. The zero-order valence-corrected chi connectivity index (χ0v) is 19.6. The Hall–Kier alpha value is -1.48. The van der Waals surface area contributed by atoms with Gasteiger partial charge < -0.3 is 10.1 Å². The molecule has 0 bridgehead atoms. The lowest BCUT2D eigenvalue weighted by molar-refractivity contribution is -0.121. The van der Waals surface area contributed by atoms with Gasteiger partial charge in [0.05, 0.1) is 28.5 Å². The molecule has 10 heteroatoms. The van der Waals surface area contributed by atoms with Gasteiger partial charge in [0.15, 0.2) is 0 Å².